The number of hydrazine groups is 3. The van der Waals surface area contributed by atoms with Crippen molar-refractivity contribution in [2.45, 2.75) is 11.2 Å². The van der Waals surface area contributed by atoms with Gasteiger partial charge in [0.2, 0.25) is 0 Å². The second-order valence-corrected chi connectivity index (χ2v) is 7.58. The van der Waals surface area contributed by atoms with Gasteiger partial charge in [0.05, 0.1) is 13.2 Å². The maximum Gasteiger partial charge on any atom is 0.255 e. The lowest BCUT2D eigenvalue weighted by atomic mass is 10.0. The number of primary sulfonamides is 1. The van der Waals surface area contributed by atoms with E-state index in [1.54, 1.807) is 12.3 Å². The molecule has 0 unspecified atom stereocenters. The Balaban J connectivity index is 1.74. The van der Waals surface area contributed by atoms with Crippen LogP contribution in [0.15, 0.2) is 35.6 Å². The molecule has 12 heteroatoms. The summed E-state index contributed by atoms with van der Waals surface area (Å²) >= 11 is 0. The number of morpholine rings is 1. The van der Waals surface area contributed by atoms with Crippen LogP contribution in [0.3, 0.4) is 0 Å². The van der Waals surface area contributed by atoms with Crippen LogP contribution < -0.4 is 32.0 Å². The van der Waals surface area contributed by atoms with Crippen molar-refractivity contribution in [2.24, 2.45) is 5.14 Å². The van der Waals surface area contributed by atoms with Crippen molar-refractivity contribution in [2.75, 3.05) is 31.2 Å². The molecule has 0 radical (unpaired) electrons. The standard InChI is InChI=1S/C15H20N8O3S/c16-27(24,25)15-13(14-19-21-22-20-14)11(3-4-17-15)10-1-2-12(18-9-10)23-5-7-26-8-6-23/h1-4,9,14,19-22H,5-8H2,(H2,16,24,25). The Labute approximate surface area is 156 Å². The number of rotatable bonds is 4. The molecule has 2 aromatic heterocycles. The van der Waals surface area contributed by atoms with Gasteiger partial charge in [0.1, 0.15) is 12.0 Å². The second kappa shape index (κ2) is 7.44. The van der Waals surface area contributed by atoms with Crippen molar-refractivity contribution in [1.82, 2.24) is 31.9 Å². The van der Waals surface area contributed by atoms with E-state index in [0.29, 0.717) is 24.3 Å². The molecular weight excluding hydrogens is 372 g/mol. The van der Waals surface area contributed by atoms with Gasteiger partial charge in [-0.3, -0.25) is 0 Å². The third-order valence-corrected chi connectivity index (χ3v) is 5.27. The molecule has 2 saturated heterocycles. The first-order chi connectivity index (χ1) is 13.0. The molecule has 27 heavy (non-hydrogen) atoms. The molecule has 2 aromatic rings. The molecule has 11 nitrogen and oxygen atoms in total. The van der Waals surface area contributed by atoms with Gasteiger partial charge < -0.3 is 9.64 Å². The van der Waals surface area contributed by atoms with E-state index >= 15 is 0 Å². The zero-order valence-electron chi connectivity index (χ0n) is 14.3. The highest BCUT2D eigenvalue weighted by molar-refractivity contribution is 7.89. The molecule has 0 amide bonds. The van der Waals surface area contributed by atoms with Crippen LogP contribution in [0.5, 0.6) is 0 Å². The normalized spacial score (nSPS) is 18.8. The number of ether oxygens (including phenoxy) is 1. The molecule has 0 spiro atoms. The number of aromatic nitrogens is 2. The van der Waals surface area contributed by atoms with Gasteiger partial charge >= 0.3 is 0 Å². The molecule has 144 valence electrons. The fourth-order valence-corrected chi connectivity index (χ4v) is 3.88. The first kappa shape index (κ1) is 18.2. The van der Waals surface area contributed by atoms with E-state index in [-0.39, 0.29) is 5.03 Å². The first-order valence-electron chi connectivity index (χ1n) is 8.36. The van der Waals surface area contributed by atoms with Crippen molar-refractivity contribution in [3.05, 3.63) is 36.2 Å². The van der Waals surface area contributed by atoms with Crippen molar-refractivity contribution in [3.63, 3.8) is 0 Å². The summed E-state index contributed by atoms with van der Waals surface area (Å²) < 4.78 is 29.4. The summed E-state index contributed by atoms with van der Waals surface area (Å²) in [5.74, 6) is 0.852. The molecule has 0 atom stereocenters. The van der Waals surface area contributed by atoms with Crippen LogP contribution in [0, 0.1) is 0 Å². The summed E-state index contributed by atoms with van der Waals surface area (Å²) in [7, 11) is -4.02. The van der Waals surface area contributed by atoms with Gasteiger partial charge in [0, 0.05) is 36.6 Å². The fraction of sp³-hybridized carbons (Fsp3) is 0.333. The summed E-state index contributed by atoms with van der Waals surface area (Å²) in [5.41, 5.74) is 12.9. The SMILES string of the molecule is NS(=O)(=O)c1nccc(-c2ccc(N3CCOCC3)nc2)c1C1NNNN1. The predicted molar refractivity (Wildman–Crippen MR) is 97.2 cm³/mol. The van der Waals surface area contributed by atoms with Gasteiger partial charge in [-0.15, -0.1) is 0 Å². The van der Waals surface area contributed by atoms with Crippen LogP contribution in [0.25, 0.3) is 11.1 Å². The van der Waals surface area contributed by atoms with Crippen LogP contribution in [-0.2, 0) is 14.8 Å². The van der Waals surface area contributed by atoms with E-state index in [4.69, 9.17) is 9.88 Å². The molecular formula is C15H20N8O3S. The Morgan fingerprint density at radius 1 is 1.11 bits per heavy atom. The van der Waals surface area contributed by atoms with Crippen LogP contribution in [0.1, 0.15) is 11.7 Å². The Hall–Kier alpha value is -2.19. The average Bonchev–Trinajstić information content (AvgIpc) is 3.22. The van der Waals surface area contributed by atoms with Crippen molar-refractivity contribution in [3.8, 4) is 11.1 Å². The Kier molecular flexibility index (Phi) is 5.01. The lowest BCUT2D eigenvalue weighted by molar-refractivity contribution is 0.122. The predicted octanol–water partition coefficient (Wildman–Crippen LogP) is -1.26. The molecule has 2 aliphatic heterocycles. The number of sulfonamides is 1. The number of nitrogens with two attached hydrogens (primary N) is 1. The zero-order valence-corrected chi connectivity index (χ0v) is 15.2. The van der Waals surface area contributed by atoms with Crippen molar-refractivity contribution in [1.29, 1.82) is 0 Å². The number of nitrogens with zero attached hydrogens (tertiary/aromatic N) is 3. The molecule has 2 aliphatic rings. The van der Waals surface area contributed by atoms with Crippen LogP contribution in [0.2, 0.25) is 0 Å². The number of anilines is 1. The highest BCUT2D eigenvalue weighted by Crippen LogP contribution is 2.31. The van der Waals surface area contributed by atoms with E-state index in [1.807, 2.05) is 12.1 Å². The highest BCUT2D eigenvalue weighted by atomic mass is 32.2. The lowest BCUT2D eigenvalue weighted by Gasteiger charge is -2.27. The maximum absolute atomic E-state index is 12.0. The van der Waals surface area contributed by atoms with Crippen LogP contribution in [-0.4, -0.2) is 44.7 Å². The van der Waals surface area contributed by atoms with E-state index in [9.17, 15) is 8.42 Å². The van der Waals surface area contributed by atoms with E-state index in [1.165, 1.54) is 6.20 Å². The molecule has 0 aliphatic carbocycles. The van der Waals surface area contributed by atoms with Crippen molar-refractivity contribution >= 4 is 15.8 Å². The summed E-state index contributed by atoms with van der Waals surface area (Å²) in [6, 6.07) is 5.55. The van der Waals surface area contributed by atoms with Gasteiger partial charge in [-0.05, 0) is 23.8 Å². The Bertz CT molecular complexity index is 909. The number of hydrogen-bond donors (Lipinski definition) is 5. The summed E-state index contributed by atoms with van der Waals surface area (Å²) in [4.78, 5) is 10.7. The molecule has 0 bridgehead atoms. The van der Waals surface area contributed by atoms with E-state index in [2.05, 4.69) is 36.8 Å². The van der Waals surface area contributed by atoms with Gasteiger partial charge in [-0.1, -0.05) is 0 Å². The summed E-state index contributed by atoms with van der Waals surface area (Å²) in [6.07, 6.45) is 2.58. The average molecular weight is 392 g/mol. The topological polar surface area (TPSA) is 147 Å². The van der Waals surface area contributed by atoms with E-state index in [0.717, 1.165) is 24.5 Å². The van der Waals surface area contributed by atoms with E-state index < -0.39 is 16.2 Å². The number of hydrogen-bond acceptors (Lipinski definition) is 10. The van der Waals surface area contributed by atoms with Gasteiger partial charge in [-0.25, -0.2) is 34.4 Å². The van der Waals surface area contributed by atoms with Crippen molar-refractivity contribution < 1.29 is 13.2 Å². The van der Waals surface area contributed by atoms with Crippen LogP contribution in [0.4, 0.5) is 5.82 Å². The molecule has 0 saturated carbocycles. The molecule has 2 fully saturated rings. The zero-order chi connectivity index (χ0) is 18.9. The minimum absolute atomic E-state index is 0.201. The maximum atomic E-state index is 12.0. The third-order valence-electron chi connectivity index (χ3n) is 4.40. The van der Waals surface area contributed by atoms with Gasteiger partial charge in [-0.2, -0.15) is 11.1 Å². The Morgan fingerprint density at radius 2 is 1.85 bits per heavy atom. The smallest absolute Gasteiger partial charge is 0.255 e. The molecule has 4 rings (SSSR count). The van der Waals surface area contributed by atoms with Gasteiger partial charge in [0.15, 0.2) is 5.03 Å². The number of nitrogens with one attached hydrogen (secondary N) is 4. The second-order valence-electron chi connectivity index (χ2n) is 6.10. The monoisotopic (exact) mass is 392 g/mol. The number of pyridine rings is 2. The molecule has 0 aromatic carbocycles. The van der Waals surface area contributed by atoms with Crippen LogP contribution >= 0.6 is 0 Å². The quantitative estimate of drug-likeness (QED) is 0.427. The lowest BCUT2D eigenvalue weighted by Crippen LogP contribution is -2.36. The Morgan fingerprint density at radius 3 is 2.48 bits per heavy atom. The van der Waals surface area contributed by atoms with Gasteiger partial charge in [0.25, 0.3) is 10.0 Å². The minimum Gasteiger partial charge on any atom is -0.378 e. The summed E-state index contributed by atoms with van der Waals surface area (Å²) in [5, 5.41) is 5.17. The third kappa shape index (κ3) is 3.77. The highest BCUT2D eigenvalue weighted by Gasteiger charge is 2.28. The summed E-state index contributed by atoms with van der Waals surface area (Å²) in [6.45, 7) is 2.93. The molecule has 6 N–H and O–H groups in total. The minimum atomic E-state index is -4.02. The first-order valence-corrected chi connectivity index (χ1v) is 9.90. The largest absolute Gasteiger partial charge is 0.378 e. The fourth-order valence-electron chi connectivity index (χ4n) is 3.13. The molecule has 4 heterocycles.